The van der Waals surface area contributed by atoms with Crippen molar-refractivity contribution >= 4 is 5.91 Å². The monoisotopic (exact) mass is 461 g/mol. The fourth-order valence-electron chi connectivity index (χ4n) is 4.56. The maximum absolute atomic E-state index is 15.0. The van der Waals surface area contributed by atoms with E-state index < -0.39 is 28.9 Å². The summed E-state index contributed by atoms with van der Waals surface area (Å²) in [7, 11) is 0. The van der Waals surface area contributed by atoms with E-state index in [2.05, 4.69) is 0 Å². The van der Waals surface area contributed by atoms with Gasteiger partial charge in [0.2, 0.25) is 5.43 Å². The van der Waals surface area contributed by atoms with Gasteiger partial charge in [0, 0.05) is 23.9 Å². The van der Waals surface area contributed by atoms with Crippen molar-refractivity contribution in [2.75, 3.05) is 18.3 Å². The van der Waals surface area contributed by atoms with Gasteiger partial charge in [0.15, 0.2) is 23.0 Å². The third-order valence-corrected chi connectivity index (χ3v) is 6.30. The van der Waals surface area contributed by atoms with Gasteiger partial charge in [0.05, 0.1) is 0 Å². The van der Waals surface area contributed by atoms with Gasteiger partial charge in [-0.15, -0.1) is 0 Å². The summed E-state index contributed by atoms with van der Waals surface area (Å²) < 4.78 is 22.4. The van der Waals surface area contributed by atoms with E-state index in [1.807, 2.05) is 48.3 Å². The summed E-state index contributed by atoms with van der Waals surface area (Å²) in [5.74, 6) is -1.43. The van der Waals surface area contributed by atoms with Crippen molar-refractivity contribution in [1.29, 1.82) is 0 Å². The number of rotatable bonds is 1. The number of carbonyl (C=O) groups excluding carboxylic acids is 1. The summed E-state index contributed by atoms with van der Waals surface area (Å²) in [6.45, 7) is 2.24. The number of hydrogen-bond acceptors (Lipinski definition) is 5. The van der Waals surface area contributed by atoms with Crippen LogP contribution in [0.25, 0.3) is 0 Å². The maximum atomic E-state index is 15.0. The minimum absolute atomic E-state index is 0.116. The number of fused-ring (bicyclic) bond motifs is 5. The Morgan fingerprint density at radius 2 is 1.82 bits per heavy atom. The van der Waals surface area contributed by atoms with Gasteiger partial charge in [-0.2, -0.15) is 0 Å². The van der Waals surface area contributed by atoms with Crippen molar-refractivity contribution in [3.63, 3.8) is 0 Å². The highest BCUT2D eigenvalue weighted by atomic mass is 19.1. The first-order chi connectivity index (χ1) is 16.5. The molecule has 7 nitrogen and oxygen atoms in total. The Morgan fingerprint density at radius 3 is 2.62 bits per heavy atom. The number of pyridine rings is 1. The van der Waals surface area contributed by atoms with Crippen LogP contribution in [0.2, 0.25) is 0 Å². The van der Waals surface area contributed by atoms with Crippen LogP contribution in [0.5, 0.6) is 11.5 Å². The highest BCUT2D eigenvalue weighted by Crippen LogP contribution is 2.38. The molecule has 2 aliphatic rings. The molecule has 2 aromatic carbocycles. The summed E-state index contributed by atoms with van der Waals surface area (Å²) in [5, 5.41) is 12.5. The molecular formula is C26H24FN3O4. The quantitative estimate of drug-likeness (QED) is 0.561. The van der Waals surface area contributed by atoms with E-state index in [0.717, 1.165) is 5.56 Å². The number of para-hydroxylation sites is 1. The number of aromatic nitrogens is 1. The molecule has 0 aliphatic carbocycles. The standard InChI is InChI=1S/C26H24FN3O4/c1-17-8-5-6-15-34-25-19(11-7-12-20(25)27)22(18-9-3-2-4-10-18)30-16-28(17)26(33)23-24(32)21(31)13-14-29(23)30/h2-7,9-14,17,22,32H,8,15-16H2,1H3/b6-5+/t17-,22+/m0/s1. The predicted octanol–water partition coefficient (Wildman–Crippen LogP) is 3.56. The summed E-state index contributed by atoms with van der Waals surface area (Å²) in [6.07, 6.45) is 5.68. The molecule has 0 radical (unpaired) electrons. The van der Waals surface area contributed by atoms with E-state index in [1.54, 1.807) is 23.1 Å². The average Bonchev–Trinajstić information content (AvgIpc) is 2.83. The predicted molar refractivity (Wildman–Crippen MR) is 125 cm³/mol. The Hall–Kier alpha value is -4.07. The largest absolute Gasteiger partial charge is 0.502 e. The van der Waals surface area contributed by atoms with Crippen LogP contribution >= 0.6 is 0 Å². The van der Waals surface area contributed by atoms with Crippen LogP contribution in [0.1, 0.15) is 41.0 Å². The van der Waals surface area contributed by atoms with E-state index in [0.29, 0.717) is 12.0 Å². The van der Waals surface area contributed by atoms with Gasteiger partial charge in [0.25, 0.3) is 5.91 Å². The summed E-state index contributed by atoms with van der Waals surface area (Å²) >= 11 is 0. The number of amides is 1. The number of carbonyl (C=O) groups is 1. The molecule has 2 bridgehead atoms. The first-order valence-corrected chi connectivity index (χ1v) is 11.1. The number of benzene rings is 2. The van der Waals surface area contributed by atoms with Crippen molar-refractivity contribution in [3.8, 4) is 11.5 Å². The van der Waals surface area contributed by atoms with Gasteiger partial charge in [-0.3, -0.25) is 19.3 Å². The molecule has 3 heterocycles. The van der Waals surface area contributed by atoms with E-state index in [1.165, 1.54) is 23.0 Å². The van der Waals surface area contributed by atoms with Crippen molar-refractivity contribution < 1.29 is 19.0 Å². The van der Waals surface area contributed by atoms with Crippen molar-refractivity contribution in [1.82, 2.24) is 9.58 Å². The molecule has 0 unspecified atom stereocenters. The second-order valence-electron chi connectivity index (χ2n) is 8.42. The Kier molecular flexibility index (Phi) is 5.57. The Labute approximate surface area is 195 Å². The van der Waals surface area contributed by atoms with Gasteiger partial charge < -0.3 is 14.7 Å². The zero-order valence-electron chi connectivity index (χ0n) is 18.6. The highest BCUT2D eigenvalue weighted by Gasteiger charge is 2.39. The fraction of sp³-hybridized carbons (Fsp3) is 0.231. The minimum Gasteiger partial charge on any atom is -0.502 e. The first-order valence-electron chi connectivity index (χ1n) is 11.1. The number of aromatic hydroxyl groups is 1. The third-order valence-electron chi connectivity index (χ3n) is 6.30. The lowest BCUT2D eigenvalue weighted by Crippen LogP contribution is -2.57. The van der Waals surface area contributed by atoms with Crippen LogP contribution in [-0.2, 0) is 0 Å². The van der Waals surface area contributed by atoms with E-state index in [4.69, 9.17) is 4.74 Å². The fourth-order valence-corrected chi connectivity index (χ4v) is 4.56. The van der Waals surface area contributed by atoms with E-state index in [-0.39, 0.29) is 30.8 Å². The highest BCUT2D eigenvalue weighted by molar-refractivity contribution is 5.96. The van der Waals surface area contributed by atoms with Gasteiger partial charge >= 0.3 is 0 Å². The smallest absolute Gasteiger partial charge is 0.278 e. The molecule has 2 atom stereocenters. The third kappa shape index (κ3) is 3.61. The lowest BCUT2D eigenvalue weighted by Gasteiger charge is -2.46. The van der Waals surface area contributed by atoms with Crippen molar-refractivity contribution in [3.05, 3.63) is 106 Å². The molecule has 1 amide bonds. The molecule has 2 aliphatic heterocycles. The molecule has 174 valence electrons. The zero-order valence-corrected chi connectivity index (χ0v) is 18.6. The van der Waals surface area contributed by atoms with Crippen LogP contribution in [0.3, 0.4) is 0 Å². The van der Waals surface area contributed by atoms with Crippen molar-refractivity contribution in [2.24, 2.45) is 0 Å². The molecule has 8 heteroatoms. The van der Waals surface area contributed by atoms with Crippen LogP contribution in [-0.4, -0.2) is 39.9 Å². The first kappa shape index (κ1) is 21.8. The molecule has 3 aromatic rings. The number of halogens is 1. The van der Waals surface area contributed by atoms with Gasteiger partial charge in [-0.25, -0.2) is 4.39 Å². The molecule has 0 spiro atoms. The summed E-state index contributed by atoms with van der Waals surface area (Å²) in [6, 6.07) is 14.6. The van der Waals surface area contributed by atoms with Crippen LogP contribution in [0.4, 0.5) is 4.39 Å². The maximum Gasteiger partial charge on any atom is 0.278 e. The SMILES string of the molecule is C[C@H]1C/C=C/COc2c(F)cccc2[C@@H](c2ccccc2)N2CN1C(=O)c1c(O)c(=O)ccn12. The number of ether oxygens (including phenoxy) is 1. The molecule has 0 saturated carbocycles. The van der Waals surface area contributed by atoms with Crippen molar-refractivity contribution in [2.45, 2.75) is 25.4 Å². The molecular weight excluding hydrogens is 437 g/mol. The average molecular weight is 461 g/mol. The zero-order chi connectivity index (χ0) is 23.8. The van der Waals surface area contributed by atoms with E-state index in [9.17, 15) is 14.7 Å². The van der Waals surface area contributed by atoms with Gasteiger partial charge in [0.1, 0.15) is 19.3 Å². The summed E-state index contributed by atoms with van der Waals surface area (Å²) in [5.41, 5.74) is 0.635. The van der Waals surface area contributed by atoms with E-state index >= 15 is 4.39 Å². The lowest BCUT2D eigenvalue weighted by molar-refractivity contribution is 0.0606. The Balaban J connectivity index is 1.82. The Morgan fingerprint density at radius 1 is 1.03 bits per heavy atom. The molecule has 0 saturated heterocycles. The topological polar surface area (TPSA) is 75.0 Å². The molecule has 1 aromatic heterocycles. The second kappa shape index (κ2) is 8.70. The van der Waals surface area contributed by atoms with Gasteiger partial charge in [-0.05, 0) is 25.0 Å². The number of hydrogen-bond donors (Lipinski definition) is 1. The summed E-state index contributed by atoms with van der Waals surface area (Å²) in [4.78, 5) is 27.3. The van der Waals surface area contributed by atoms with Crippen LogP contribution in [0, 0.1) is 5.82 Å². The van der Waals surface area contributed by atoms with Crippen LogP contribution in [0.15, 0.2) is 77.7 Å². The molecule has 34 heavy (non-hydrogen) atoms. The van der Waals surface area contributed by atoms with Crippen LogP contribution < -0.4 is 15.2 Å². The lowest BCUT2D eigenvalue weighted by atomic mass is 9.96. The second-order valence-corrected chi connectivity index (χ2v) is 8.42. The molecule has 1 N–H and O–H groups in total. The minimum atomic E-state index is -0.638. The molecule has 5 rings (SSSR count). The Bertz CT molecular complexity index is 1320. The molecule has 0 fully saturated rings. The normalized spacial score (nSPS) is 20.9. The van der Waals surface area contributed by atoms with Gasteiger partial charge in [-0.1, -0.05) is 54.6 Å². The number of nitrogens with zero attached hydrogens (tertiary/aromatic N) is 3.